The lowest BCUT2D eigenvalue weighted by Crippen LogP contribution is -2.46. The molecule has 1 saturated heterocycles. The number of hydrogen-bond donors (Lipinski definition) is 0. The van der Waals surface area contributed by atoms with Gasteiger partial charge in [0.25, 0.3) is 0 Å². The van der Waals surface area contributed by atoms with Crippen molar-refractivity contribution in [2.75, 3.05) is 26.7 Å². The molecule has 2 aliphatic rings. The van der Waals surface area contributed by atoms with Crippen molar-refractivity contribution in [3.05, 3.63) is 29.3 Å². The zero-order valence-electron chi connectivity index (χ0n) is 15.9. The third-order valence-corrected chi connectivity index (χ3v) is 7.58. The lowest BCUT2D eigenvalue weighted by molar-refractivity contribution is -0.133. The number of thiazole rings is 1. The van der Waals surface area contributed by atoms with Crippen molar-refractivity contribution in [2.45, 2.75) is 45.1 Å². The molecule has 4 nitrogen and oxygen atoms in total. The second-order valence-corrected chi connectivity index (χ2v) is 9.09. The summed E-state index contributed by atoms with van der Waals surface area (Å²) in [5.41, 5.74) is 1.03. The number of benzene rings is 1. The number of fused-ring (bicyclic) bond motifs is 2. The molecule has 1 aromatic carbocycles. The Morgan fingerprint density at radius 1 is 1.27 bits per heavy atom. The summed E-state index contributed by atoms with van der Waals surface area (Å²) in [6.45, 7) is 4.83. The zero-order chi connectivity index (χ0) is 18.1. The molecule has 0 unspecified atom stereocenters. The van der Waals surface area contributed by atoms with Crippen LogP contribution in [0.3, 0.4) is 0 Å². The van der Waals surface area contributed by atoms with Crippen molar-refractivity contribution in [1.29, 1.82) is 0 Å². The Bertz CT molecular complexity index is 740. The molecule has 2 aromatic rings. The van der Waals surface area contributed by atoms with Gasteiger partial charge in [0, 0.05) is 13.6 Å². The van der Waals surface area contributed by atoms with E-state index in [-0.39, 0.29) is 11.9 Å². The summed E-state index contributed by atoms with van der Waals surface area (Å²) in [7, 11) is 1.92. The Kier molecular flexibility index (Phi) is 5.28. The first-order valence-corrected chi connectivity index (χ1v) is 10.8. The van der Waals surface area contributed by atoms with Crippen LogP contribution in [0.4, 0.5) is 0 Å². The highest BCUT2D eigenvalue weighted by Gasteiger charge is 2.32. The lowest BCUT2D eigenvalue weighted by Gasteiger charge is -2.41. The molecule has 1 aliphatic heterocycles. The van der Waals surface area contributed by atoms with E-state index in [2.05, 4.69) is 17.9 Å². The van der Waals surface area contributed by atoms with Gasteiger partial charge in [0.2, 0.25) is 5.91 Å². The molecule has 2 heterocycles. The molecular weight excluding hydrogens is 342 g/mol. The molecule has 0 bridgehead atoms. The first kappa shape index (κ1) is 17.9. The molecular formula is C21H29N3OS. The fraction of sp³-hybridized carbons (Fsp3) is 0.619. The number of likely N-dealkylation sites (N-methyl/N-ethyl adjacent to an activating group) is 1. The molecule has 1 saturated carbocycles. The van der Waals surface area contributed by atoms with Crippen molar-refractivity contribution in [1.82, 2.24) is 14.8 Å². The Labute approximate surface area is 160 Å². The summed E-state index contributed by atoms with van der Waals surface area (Å²) in [5.74, 6) is 1.94. The Morgan fingerprint density at radius 2 is 2.04 bits per heavy atom. The average molecular weight is 372 g/mol. The van der Waals surface area contributed by atoms with E-state index < -0.39 is 0 Å². The van der Waals surface area contributed by atoms with E-state index in [0.29, 0.717) is 6.54 Å². The second kappa shape index (κ2) is 7.65. The maximum absolute atomic E-state index is 12.9. The number of piperidine rings is 1. The van der Waals surface area contributed by atoms with Gasteiger partial charge in [-0.05, 0) is 50.3 Å². The summed E-state index contributed by atoms with van der Waals surface area (Å²) < 4.78 is 1.19. The van der Waals surface area contributed by atoms with Gasteiger partial charge in [-0.25, -0.2) is 4.98 Å². The molecule has 0 radical (unpaired) electrons. The van der Waals surface area contributed by atoms with Crippen LogP contribution in [-0.2, 0) is 4.79 Å². The van der Waals surface area contributed by atoms with Crippen LogP contribution in [0.1, 0.15) is 50.1 Å². The summed E-state index contributed by atoms with van der Waals surface area (Å²) in [6.07, 6.45) is 6.81. The molecule has 1 aromatic heterocycles. The van der Waals surface area contributed by atoms with Crippen LogP contribution in [0.15, 0.2) is 24.3 Å². The van der Waals surface area contributed by atoms with Gasteiger partial charge < -0.3 is 4.90 Å². The summed E-state index contributed by atoms with van der Waals surface area (Å²) in [5, 5.41) is 1.02. The van der Waals surface area contributed by atoms with E-state index in [1.54, 1.807) is 11.3 Å². The predicted octanol–water partition coefficient (Wildman–Crippen LogP) is 4.33. The highest BCUT2D eigenvalue weighted by molar-refractivity contribution is 7.18. The summed E-state index contributed by atoms with van der Waals surface area (Å²) in [6, 6.07) is 8.21. The highest BCUT2D eigenvalue weighted by Crippen LogP contribution is 2.36. The van der Waals surface area contributed by atoms with Gasteiger partial charge in [0.1, 0.15) is 5.01 Å². The van der Waals surface area contributed by atoms with E-state index in [1.165, 1.54) is 36.8 Å². The van der Waals surface area contributed by atoms with Gasteiger partial charge >= 0.3 is 0 Å². The fourth-order valence-electron chi connectivity index (χ4n) is 4.57. The average Bonchev–Trinajstić information content (AvgIpc) is 3.11. The molecule has 4 rings (SSSR count). The van der Waals surface area contributed by atoms with Crippen LogP contribution >= 0.6 is 11.3 Å². The van der Waals surface area contributed by atoms with Crippen LogP contribution in [-0.4, -0.2) is 47.4 Å². The number of nitrogens with zero attached hydrogens (tertiary/aromatic N) is 3. The molecule has 1 amide bonds. The standard InChI is InChI=1S/C21H29N3OS/c1-15(21-22-18-9-5-6-10-19(18)26-21)23(2)20(25)14-24-12-11-16-7-3-4-8-17(16)13-24/h5-6,9-10,15-17H,3-4,7-8,11-14H2,1-2H3/t15-,16+,17-/m1/s1. The Balaban J connectivity index is 1.37. The fourth-order valence-corrected chi connectivity index (χ4v) is 5.64. The van der Waals surface area contributed by atoms with Crippen molar-refractivity contribution in [3.8, 4) is 0 Å². The molecule has 26 heavy (non-hydrogen) atoms. The maximum Gasteiger partial charge on any atom is 0.237 e. The molecule has 1 aliphatic carbocycles. The van der Waals surface area contributed by atoms with Gasteiger partial charge in [0.05, 0.1) is 22.8 Å². The number of aromatic nitrogens is 1. The van der Waals surface area contributed by atoms with E-state index >= 15 is 0 Å². The lowest BCUT2D eigenvalue weighted by atomic mass is 9.75. The first-order chi connectivity index (χ1) is 12.6. The number of likely N-dealkylation sites (tertiary alicyclic amines) is 1. The smallest absolute Gasteiger partial charge is 0.237 e. The minimum atomic E-state index is 0.0205. The van der Waals surface area contributed by atoms with E-state index in [1.807, 2.05) is 30.1 Å². The van der Waals surface area contributed by atoms with Crippen LogP contribution in [0.2, 0.25) is 0 Å². The Morgan fingerprint density at radius 3 is 2.85 bits per heavy atom. The minimum Gasteiger partial charge on any atom is -0.335 e. The van der Waals surface area contributed by atoms with Crippen molar-refractivity contribution in [2.24, 2.45) is 11.8 Å². The van der Waals surface area contributed by atoms with Crippen LogP contribution in [0.25, 0.3) is 10.2 Å². The van der Waals surface area contributed by atoms with Gasteiger partial charge in [-0.15, -0.1) is 11.3 Å². The number of amides is 1. The number of para-hydroxylation sites is 1. The largest absolute Gasteiger partial charge is 0.335 e. The minimum absolute atomic E-state index is 0.0205. The monoisotopic (exact) mass is 371 g/mol. The van der Waals surface area contributed by atoms with Gasteiger partial charge in [-0.3, -0.25) is 9.69 Å². The van der Waals surface area contributed by atoms with Crippen LogP contribution < -0.4 is 0 Å². The van der Waals surface area contributed by atoms with Gasteiger partial charge in [-0.1, -0.05) is 31.4 Å². The van der Waals surface area contributed by atoms with Crippen LogP contribution in [0, 0.1) is 11.8 Å². The highest BCUT2D eigenvalue weighted by atomic mass is 32.1. The molecule has 2 fully saturated rings. The number of hydrogen-bond acceptors (Lipinski definition) is 4. The third kappa shape index (κ3) is 3.65. The molecule has 0 N–H and O–H groups in total. The molecule has 5 heteroatoms. The Hall–Kier alpha value is -1.46. The topological polar surface area (TPSA) is 36.4 Å². The van der Waals surface area contributed by atoms with E-state index in [4.69, 9.17) is 4.98 Å². The molecule has 0 spiro atoms. The number of carbonyl (C=O) groups is 1. The molecule has 140 valence electrons. The maximum atomic E-state index is 12.9. The number of rotatable bonds is 4. The van der Waals surface area contributed by atoms with Crippen molar-refractivity contribution < 1.29 is 4.79 Å². The summed E-state index contributed by atoms with van der Waals surface area (Å²) >= 11 is 1.69. The SMILES string of the molecule is C[C@H](c1nc2ccccc2s1)N(C)C(=O)CN1CC[C@@H]2CCCC[C@@H]2C1. The summed E-state index contributed by atoms with van der Waals surface area (Å²) in [4.78, 5) is 21.9. The van der Waals surface area contributed by atoms with E-state index in [9.17, 15) is 4.79 Å². The molecule has 3 atom stereocenters. The quantitative estimate of drug-likeness (QED) is 0.803. The van der Waals surface area contributed by atoms with E-state index in [0.717, 1.165) is 35.4 Å². The normalized spacial score (nSPS) is 25.0. The van der Waals surface area contributed by atoms with Crippen LogP contribution in [0.5, 0.6) is 0 Å². The van der Waals surface area contributed by atoms with Gasteiger partial charge in [0.15, 0.2) is 0 Å². The first-order valence-electron chi connectivity index (χ1n) is 9.95. The van der Waals surface area contributed by atoms with Gasteiger partial charge in [-0.2, -0.15) is 0 Å². The van der Waals surface area contributed by atoms with Crippen molar-refractivity contribution >= 4 is 27.5 Å². The predicted molar refractivity (Wildman–Crippen MR) is 107 cm³/mol. The second-order valence-electron chi connectivity index (χ2n) is 8.03. The zero-order valence-corrected chi connectivity index (χ0v) is 16.7. The number of carbonyl (C=O) groups excluding carboxylic acids is 1. The van der Waals surface area contributed by atoms with Crippen molar-refractivity contribution in [3.63, 3.8) is 0 Å². The third-order valence-electron chi connectivity index (χ3n) is 6.38.